The Morgan fingerprint density at radius 1 is 1.64 bits per heavy atom. The summed E-state index contributed by atoms with van der Waals surface area (Å²) in [7, 11) is 1.93. The number of nitrogens with two attached hydrogens (primary N) is 1. The molecule has 1 aliphatic rings. The maximum atomic E-state index is 5.59. The van der Waals surface area contributed by atoms with Gasteiger partial charge in [0.25, 0.3) is 0 Å². The van der Waals surface area contributed by atoms with Gasteiger partial charge in [-0.05, 0) is 31.2 Å². The van der Waals surface area contributed by atoms with Gasteiger partial charge in [-0.2, -0.15) is 5.10 Å². The molecule has 4 nitrogen and oxygen atoms in total. The molecule has 78 valence electrons. The number of thioether (sulfide) groups is 1. The van der Waals surface area contributed by atoms with Gasteiger partial charge in [0.1, 0.15) is 6.33 Å². The van der Waals surface area contributed by atoms with Crippen molar-refractivity contribution in [2.45, 2.75) is 24.4 Å². The minimum atomic E-state index is 0.519. The lowest BCUT2D eigenvalue weighted by Gasteiger charge is -2.11. The van der Waals surface area contributed by atoms with E-state index < -0.39 is 0 Å². The van der Waals surface area contributed by atoms with Gasteiger partial charge < -0.3 is 5.73 Å². The van der Waals surface area contributed by atoms with E-state index in [4.69, 9.17) is 5.73 Å². The van der Waals surface area contributed by atoms with Crippen LogP contribution in [0.15, 0.2) is 11.5 Å². The Morgan fingerprint density at radius 2 is 2.43 bits per heavy atom. The van der Waals surface area contributed by atoms with E-state index in [2.05, 4.69) is 10.1 Å². The quantitative estimate of drug-likeness (QED) is 0.741. The molecule has 0 radical (unpaired) electrons. The monoisotopic (exact) mass is 212 g/mol. The summed E-state index contributed by atoms with van der Waals surface area (Å²) in [6.45, 7) is 0.805. The van der Waals surface area contributed by atoms with Gasteiger partial charge in [0.2, 0.25) is 0 Å². The van der Waals surface area contributed by atoms with Crippen LogP contribution in [0.3, 0.4) is 0 Å². The Balaban J connectivity index is 1.86. The highest BCUT2D eigenvalue weighted by Crippen LogP contribution is 2.51. The molecule has 0 aliphatic heterocycles. The van der Waals surface area contributed by atoms with Crippen molar-refractivity contribution >= 4 is 11.8 Å². The van der Waals surface area contributed by atoms with E-state index in [0.29, 0.717) is 5.41 Å². The zero-order valence-corrected chi connectivity index (χ0v) is 9.26. The molecule has 1 fully saturated rings. The van der Waals surface area contributed by atoms with Crippen LogP contribution in [-0.4, -0.2) is 27.1 Å². The highest BCUT2D eigenvalue weighted by Gasteiger charge is 2.41. The fourth-order valence-electron chi connectivity index (χ4n) is 1.58. The van der Waals surface area contributed by atoms with Crippen LogP contribution in [0.1, 0.15) is 19.3 Å². The molecular weight excluding hydrogens is 196 g/mol. The molecule has 0 amide bonds. The molecule has 0 saturated heterocycles. The summed E-state index contributed by atoms with van der Waals surface area (Å²) in [5.41, 5.74) is 6.11. The minimum Gasteiger partial charge on any atom is -0.330 e. The molecule has 1 aromatic heterocycles. The number of hydrogen-bond donors (Lipinski definition) is 1. The maximum absolute atomic E-state index is 5.59. The third-order valence-corrected chi connectivity index (χ3v) is 4.19. The molecule has 5 heteroatoms. The van der Waals surface area contributed by atoms with E-state index >= 15 is 0 Å². The largest absolute Gasteiger partial charge is 0.330 e. The molecule has 1 saturated carbocycles. The molecule has 0 bridgehead atoms. The van der Waals surface area contributed by atoms with Crippen LogP contribution in [0.2, 0.25) is 0 Å². The highest BCUT2D eigenvalue weighted by molar-refractivity contribution is 7.99. The Labute approximate surface area is 88.3 Å². The Hall–Kier alpha value is -0.550. The van der Waals surface area contributed by atoms with Crippen LogP contribution in [0, 0.1) is 5.41 Å². The van der Waals surface area contributed by atoms with Gasteiger partial charge in [-0.25, -0.2) is 9.67 Å². The number of nitrogens with zero attached hydrogens (tertiary/aromatic N) is 3. The normalized spacial score (nSPS) is 18.4. The Morgan fingerprint density at radius 3 is 2.93 bits per heavy atom. The van der Waals surface area contributed by atoms with Crippen LogP contribution < -0.4 is 5.73 Å². The van der Waals surface area contributed by atoms with Gasteiger partial charge in [0.15, 0.2) is 5.16 Å². The van der Waals surface area contributed by atoms with Crippen LogP contribution in [-0.2, 0) is 7.05 Å². The van der Waals surface area contributed by atoms with Gasteiger partial charge >= 0.3 is 0 Å². The molecular formula is C9H16N4S. The first kappa shape index (κ1) is 9.98. The summed E-state index contributed by atoms with van der Waals surface area (Å²) in [6, 6.07) is 0. The SMILES string of the molecule is Cn1ncnc1SCC1(CCN)CC1. The van der Waals surface area contributed by atoms with Crippen molar-refractivity contribution in [3.63, 3.8) is 0 Å². The highest BCUT2D eigenvalue weighted by atomic mass is 32.2. The lowest BCUT2D eigenvalue weighted by molar-refractivity contribution is 0.536. The fraction of sp³-hybridized carbons (Fsp3) is 0.778. The van der Waals surface area contributed by atoms with Gasteiger partial charge in [-0.1, -0.05) is 11.8 Å². The lowest BCUT2D eigenvalue weighted by Crippen LogP contribution is -2.12. The minimum absolute atomic E-state index is 0.519. The van der Waals surface area contributed by atoms with Gasteiger partial charge in [-0.3, -0.25) is 0 Å². The van der Waals surface area contributed by atoms with Crippen molar-refractivity contribution < 1.29 is 0 Å². The molecule has 2 rings (SSSR count). The second-order valence-electron chi connectivity index (χ2n) is 3.99. The first-order chi connectivity index (χ1) is 6.76. The number of rotatable bonds is 5. The van der Waals surface area contributed by atoms with E-state index in [-0.39, 0.29) is 0 Å². The van der Waals surface area contributed by atoms with Crippen molar-refractivity contribution in [1.82, 2.24) is 14.8 Å². The van der Waals surface area contributed by atoms with Crippen molar-refractivity contribution in [3.8, 4) is 0 Å². The van der Waals surface area contributed by atoms with Gasteiger partial charge in [0, 0.05) is 12.8 Å². The van der Waals surface area contributed by atoms with E-state index in [9.17, 15) is 0 Å². The molecule has 0 aromatic carbocycles. The summed E-state index contributed by atoms with van der Waals surface area (Å²) in [5, 5.41) is 5.05. The average molecular weight is 212 g/mol. The number of aromatic nitrogens is 3. The topological polar surface area (TPSA) is 56.7 Å². The predicted octanol–water partition coefficient (Wildman–Crippen LogP) is 1.04. The zero-order valence-electron chi connectivity index (χ0n) is 8.44. The molecule has 14 heavy (non-hydrogen) atoms. The second-order valence-corrected chi connectivity index (χ2v) is 4.94. The average Bonchev–Trinajstić information content (AvgIpc) is 2.81. The molecule has 1 aromatic rings. The number of aryl methyl sites for hydroxylation is 1. The van der Waals surface area contributed by atoms with Crippen molar-refractivity contribution in [1.29, 1.82) is 0 Å². The third-order valence-electron chi connectivity index (χ3n) is 2.81. The van der Waals surface area contributed by atoms with E-state index in [1.54, 1.807) is 18.1 Å². The summed E-state index contributed by atoms with van der Waals surface area (Å²) < 4.78 is 1.82. The van der Waals surface area contributed by atoms with E-state index in [1.807, 2.05) is 11.7 Å². The summed E-state index contributed by atoms with van der Waals surface area (Å²) in [4.78, 5) is 4.19. The van der Waals surface area contributed by atoms with Crippen molar-refractivity contribution in [2.75, 3.05) is 12.3 Å². The molecule has 2 N–H and O–H groups in total. The fourth-order valence-corrected chi connectivity index (χ4v) is 2.81. The smallest absolute Gasteiger partial charge is 0.185 e. The van der Waals surface area contributed by atoms with Crippen LogP contribution in [0.5, 0.6) is 0 Å². The molecule has 1 heterocycles. The number of hydrogen-bond acceptors (Lipinski definition) is 4. The summed E-state index contributed by atoms with van der Waals surface area (Å²) in [6.07, 6.45) is 5.41. The Bertz CT molecular complexity index is 306. The molecule has 0 unspecified atom stereocenters. The summed E-state index contributed by atoms with van der Waals surface area (Å²) >= 11 is 1.80. The van der Waals surface area contributed by atoms with Gasteiger partial charge in [-0.15, -0.1) is 0 Å². The van der Waals surface area contributed by atoms with Crippen LogP contribution in [0.25, 0.3) is 0 Å². The molecule has 0 spiro atoms. The van der Waals surface area contributed by atoms with Crippen LogP contribution in [0.4, 0.5) is 0 Å². The van der Waals surface area contributed by atoms with Crippen molar-refractivity contribution in [2.24, 2.45) is 18.2 Å². The maximum Gasteiger partial charge on any atom is 0.185 e. The first-order valence-corrected chi connectivity index (χ1v) is 5.91. The molecule has 0 atom stereocenters. The zero-order chi connectivity index (χ0) is 10.0. The standard InChI is InChI=1S/C9H16N4S/c1-13-8(11-7-12-13)14-6-9(2-3-9)4-5-10/h7H,2-6,10H2,1H3. The molecule has 1 aliphatic carbocycles. The first-order valence-electron chi connectivity index (χ1n) is 4.93. The Kier molecular flexibility index (Phi) is 2.78. The summed E-state index contributed by atoms with van der Waals surface area (Å²) in [5.74, 6) is 1.14. The lowest BCUT2D eigenvalue weighted by atomic mass is 10.1. The van der Waals surface area contributed by atoms with E-state index in [1.165, 1.54) is 12.8 Å². The third kappa shape index (κ3) is 2.09. The van der Waals surface area contributed by atoms with Crippen molar-refractivity contribution in [3.05, 3.63) is 6.33 Å². The van der Waals surface area contributed by atoms with E-state index in [0.717, 1.165) is 23.9 Å². The predicted molar refractivity (Wildman–Crippen MR) is 57.1 cm³/mol. The second kappa shape index (κ2) is 3.90. The van der Waals surface area contributed by atoms with Crippen LogP contribution >= 0.6 is 11.8 Å². The van der Waals surface area contributed by atoms with Gasteiger partial charge in [0.05, 0.1) is 0 Å².